The summed E-state index contributed by atoms with van der Waals surface area (Å²) in [6.45, 7) is 3.93. The summed E-state index contributed by atoms with van der Waals surface area (Å²) in [7, 11) is 1.59. The summed E-state index contributed by atoms with van der Waals surface area (Å²) in [6.07, 6.45) is 0. The summed E-state index contributed by atoms with van der Waals surface area (Å²) < 4.78 is 0. The first-order valence-electron chi connectivity index (χ1n) is 5.52. The lowest BCUT2D eigenvalue weighted by Gasteiger charge is -2.12. The van der Waals surface area contributed by atoms with E-state index < -0.39 is 5.69 Å². The number of aromatic nitrogens is 3. The van der Waals surface area contributed by atoms with Gasteiger partial charge in [0.05, 0.1) is 0 Å². The maximum Gasteiger partial charge on any atom is 0.349 e. The van der Waals surface area contributed by atoms with Crippen molar-refractivity contribution in [2.75, 3.05) is 12.1 Å². The molecule has 1 aromatic carbocycles. The first kappa shape index (κ1) is 12.3. The number of nitrogens with two attached hydrogens (primary N) is 1. The molecule has 1 aromatic heterocycles. The fraction of sp³-hybridized carbons (Fsp3) is 0.250. The van der Waals surface area contributed by atoms with Gasteiger partial charge in [-0.05, 0) is 25.0 Å². The quantitative estimate of drug-likeness (QED) is 0.602. The molecule has 2 aromatic rings. The highest BCUT2D eigenvalue weighted by molar-refractivity contribution is 5.64. The molecule has 6 heteroatoms. The molecule has 94 valence electrons. The van der Waals surface area contributed by atoms with Gasteiger partial charge in [0, 0.05) is 12.6 Å². The lowest BCUT2D eigenvalue weighted by molar-refractivity contribution is 0.885. The van der Waals surface area contributed by atoms with E-state index in [1.165, 1.54) is 5.01 Å². The third-order valence-electron chi connectivity index (χ3n) is 2.67. The molecular weight excluding hydrogens is 230 g/mol. The minimum Gasteiger partial charge on any atom is -0.290 e. The Morgan fingerprint density at radius 1 is 1.22 bits per heavy atom. The Hall–Kier alpha value is -2.21. The van der Waals surface area contributed by atoms with Gasteiger partial charge in [0.1, 0.15) is 5.82 Å². The zero-order valence-corrected chi connectivity index (χ0v) is 10.6. The molecule has 0 bridgehead atoms. The summed E-state index contributed by atoms with van der Waals surface area (Å²) in [6, 6.07) is 5.90. The second-order valence-electron chi connectivity index (χ2n) is 4.18. The van der Waals surface area contributed by atoms with Crippen molar-refractivity contribution < 1.29 is 0 Å². The fourth-order valence-corrected chi connectivity index (χ4v) is 1.84. The second kappa shape index (κ2) is 4.58. The maximum absolute atomic E-state index is 11.5. The van der Waals surface area contributed by atoms with Gasteiger partial charge in [-0.2, -0.15) is 9.97 Å². The standard InChI is InChI=1S/C12H15N5O/c1-7-5-4-6-8(2)9(7)10-14-11(17(3)13)16-12(18)15-10/h4-6H,13H2,1-3H3,(H,14,15,16,18). The Morgan fingerprint density at radius 3 is 2.39 bits per heavy atom. The largest absolute Gasteiger partial charge is 0.349 e. The van der Waals surface area contributed by atoms with Crippen LogP contribution in [0.2, 0.25) is 0 Å². The Bertz CT molecular complexity index is 612. The monoisotopic (exact) mass is 245 g/mol. The predicted molar refractivity (Wildman–Crippen MR) is 70.2 cm³/mol. The van der Waals surface area contributed by atoms with Gasteiger partial charge in [-0.3, -0.25) is 9.99 Å². The number of benzene rings is 1. The van der Waals surface area contributed by atoms with Gasteiger partial charge >= 0.3 is 5.69 Å². The number of hydrogen-bond acceptors (Lipinski definition) is 5. The minimum atomic E-state index is -0.463. The molecule has 0 aliphatic carbocycles. The van der Waals surface area contributed by atoms with Gasteiger partial charge in [-0.15, -0.1) is 0 Å². The van der Waals surface area contributed by atoms with Crippen LogP contribution in [0, 0.1) is 13.8 Å². The van der Waals surface area contributed by atoms with Crippen LogP contribution < -0.4 is 16.5 Å². The van der Waals surface area contributed by atoms with E-state index in [2.05, 4.69) is 15.0 Å². The van der Waals surface area contributed by atoms with Crippen LogP contribution in [-0.2, 0) is 0 Å². The normalized spacial score (nSPS) is 10.4. The van der Waals surface area contributed by atoms with Crippen molar-refractivity contribution in [3.63, 3.8) is 0 Å². The first-order chi connectivity index (χ1) is 8.49. The third kappa shape index (κ3) is 2.23. The van der Waals surface area contributed by atoms with Crippen molar-refractivity contribution in [3.05, 3.63) is 39.8 Å². The Labute approximate surface area is 104 Å². The van der Waals surface area contributed by atoms with Crippen LogP contribution in [0.5, 0.6) is 0 Å². The van der Waals surface area contributed by atoms with Crippen molar-refractivity contribution in [2.24, 2.45) is 5.84 Å². The molecule has 0 atom stereocenters. The van der Waals surface area contributed by atoms with Crippen LogP contribution in [0.4, 0.5) is 5.95 Å². The molecule has 18 heavy (non-hydrogen) atoms. The van der Waals surface area contributed by atoms with E-state index in [0.717, 1.165) is 16.7 Å². The number of aromatic amines is 1. The molecule has 0 radical (unpaired) electrons. The number of rotatable bonds is 2. The zero-order valence-electron chi connectivity index (χ0n) is 10.6. The number of nitrogens with one attached hydrogen (secondary N) is 1. The number of hydrazine groups is 1. The van der Waals surface area contributed by atoms with Crippen LogP contribution in [0.1, 0.15) is 11.1 Å². The highest BCUT2D eigenvalue weighted by atomic mass is 16.1. The molecule has 2 rings (SSSR count). The molecular formula is C12H15N5O. The van der Waals surface area contributed by atoms with Gasteiger partial charge in [-0.25, -0.2) is 10.6 Å². The van der Waals surface area contributed by atoms with E-state index in [1.807, 2.05) is 32.0 Å². The van der Waals surface area contributed by atoms with Gasteiger partial charge < -0.3 is 0 Å². The number of hydrogen-bond donors (Lipinski definition) is 2. The lowest BCUT2D eigenvalue weighted by atomic mass is 10.0. The number of nitrogens with zero attached hydrogens (tertiary/aromatic N) is 3. The van der Waals surface area contributed by atoms with Crippen LogP contribution in [-0.4, -0.2) is 22.0 Å². The van der Waals surface area contributed by atoms with Crippen molar-refractivity contribution >= 4 is 5.95 Å². The number of H-pyrrole nitrogens is 1. The van der Waals surface area contributed by atoms with Crippen LogP contribution in [0.25, 0.3) is 11.4 Å². The van der Waals surface area contributed by atoms with Gasteiger partial charge in [0.2, 0.25) is 5.95 Å². The highest BCUT2D eigenvalue weighted by Crippen LogP contribution is 2.23. The Balaban J connectivity index is 2.68. The molecule has 1 heterocycles. The number of aryl methyl sites for hydroxylation is 2. The van der Waals surface area contributed by atoms with E-state index in [1.54, 1.807) is 7.05 Å². The SMILES string of the molecule is Cc1cccc(C)c1-c1nc(N(C)N)nc(=O)[nH]1. The van der Waals surface area contributed by atoms with Crippen molar-refractivity contribution in [2.45, 2.75) is 13.8 Å². The molecule has 0 spiro atoms. The fourth-order valence-electron chi connectivity index (χ4n) is 1.84. The van der Waals surface area contributed by atoms with Gasteiger partial charge in [0.15, 0.2) is 0 Å². The predicted octanol–water partition coefficient (Wildman–Crippen LogP) is 0.759. The molecule has 0 aliphatic heterocycles. The van der Waals surface area contributed by atoms with E-state index in [9.17, 15) is 4.79 Å². The van der Waals surface area contributed by atoms with Gasteiger partial charge in [0.25, 0.3) is 0 Å². The topological polar surface area (TPSA) is 87.9 Å². The van der Waals surface area contributed by atoms with Crippen molar-refractivity contribution in [1.29, 1.82) is 0 Å². The average Bonchev–Trinajstić information content (AvgIpc) is 2.28. The summed E-state index contributed by atoms with van der Waals surface area (Å²) in [5.41, 5.74) is 2.51. The Morgan fingerprint density at radius 2 is 1.83 bits per heavy atom. The maximum atomic E-state index is 11.5. The molecule has 6 nitrogen and oxygen atoms in total. The summed E-state index contributed by atoms with van der Waals surface area (Å²) >= 11 is 0. The lowest BCUT2D eigenvalue weighted by Crippen LogP contribution is -2.30. The van der Waals surface area contributed by atoms with Crippen LogP contribution in [0.3, 0.4) is 0 Å². The number of anilines is 1. The van der Waals surface area contributed by atoms with Crippen molar-refractivity contribution in [3.8, 4) is 11.4 Å². The van der Waals surface area contributed by atoms with E-state index >= 15 is 0 Å². The average molecular weight is 245 g/mol. The zero-order chi connectivity index (χ0) is 13.3. The molecule has 0 saturated carbocycles. The highest BCUT2D eigenvalue weighted by Gasteiger charge is 2.11. The summed E-state index contributed by atoms with van der Waals surface area (Å²) in [4.78, 5) is 22.1. The molecule has 0 aliphatic rings. The molecule has 0 fully saturated rings. The van der Waals surface area contributed by atoms with E-state index in [4.69, 9.17) is 5.84 Å². The summed E-state index contributed by atoms with van der Waals surface area (Å²) in [5, 5.41) is 1.21. The summed E-state index contributed by atoms with van der Waals surface area (Å²) in [5.74, 6) is 6.24. The van der Waals surface area contributed by atoms with E-state index in [0.29, 0.717) is 5.82 Å². The van der Waals surface area contributed by atoms with Crippen molar-refractivity contribution in [1.82, 2.24) is 15.0 Å². The molecule has 3 N–H and O–H groups in total. The minimum absolute atomic E-state index is 0.191. The Kier molecular flexibility index (Phi) is 3.12. The van der Waals surface area contributed by atoms with Crippen LogP contribution >= 0.6 is 0 Å². The second-order valence-corrected chi connectivity index (χ2v) is 4.18. The first-order valence-corrected chi connectivity index (χ1v) is 5.52. The molecule has 0 amide bonds. The molecule has 0 saturated heterocycles. The third-order valence-corrected chi connectivity index (χ3v) is 2.67. The smallest absolute Gasteiger partial charge is 0.290 e. The van der Waals surface area contributed by atoms with Gasteiger partial charge in [-0.1, -0.05) is 18.2 Å². The molecule has 0 unspecified atom stereocenters. The van der Waals surface area contributed by atoms with E-state index in [-0.39, 0.29) is 5.95 Å². The van der Waals surface area contributed by atoms with Crippen LogP contribution in [0.15, 0.2) is 23.0 Å².